The Hall–Kier alpha value is -1.14. The van der Waals surface area contributed by atoms with Crippen LogP contribution in [-0.2, 0) is 6.54 Å². The molecule has 1 rings (SSSR count). The van der Waals surface area contributed by atoms with Crippen LogP contribution in [0.5, 0.6) is 0 Å². The average Bonchev–Trinajstić information content (AvgIpc) is 2.79. The highest BCUT2D eigenvalue weighted by Gasteiger charge is 2.12. The van der Waals surface area contributed by atoms with Crippen molar-refractivity contribution in [3.63, 3.8) is 0 Å². The van der Waals surface area contributed by atoms with E-state index in [1.165, 1.54) is 0 Å². The normalized spacial score (nSPS) is 10.8. The number of rotatable bonds is 9. The van der Waals surface area contributed by atoms with Crippen LogP contribution < -0.4 is 10.2 Å². The van der Waals surface area contributed by atoms with Crippen LogP contribution in [-0.4, -0.2) is 41.5 Å². The highest BCUT2D eigenvalue weighted by molar-refractivity contribution is 5.23. The van der Waals surface area contributed by atoms with Gasteiger partial charge in [-0.25, -0.2) is 0 Å². The molecule has 0 bridgehead atoms. The van der Waals surface area contributed by atoms with E-state index in [4.69, 9.17) is 9.52 Å². The van der Waals surface area contributed by atoms with Crippen molar-refractivity contribution < 1.29 is 9.52 Å². The Bertz CT molecular complexity index is 303. The molecule has 2 N–H and O–H groups in total. The summed E-state index contributed by atoms with van der Waals surface area (Å²) in [6.45, 7) is 7.39. The fourth-order valence-electron chi connectivity index (χ4n) is 1.47. The average molecular weight is 242 g/mol. The predicted molar refractivity (Wildman–Crippen MR) is 65.9 cm³/mol. The Labute approximate surface area is 102 Å². The third-order valence-corrected chi connectivity index (χ3v) is 2.40. The summed E-state index contributed by atoms with van der Waals surface area (Å²) in [5.74, 6) is 0.607. The summed E-state index contributed by atoms with van der Waals surface area (Å²) in [6.07, 6.45) is 1.79. The van der Waals surface area contributed by atoms with E-state index in [9.17, 15) is 0 Å². The molecule has 17 heavy (non-hydrogen) atoms. The Balaban J connectivity index is 2.46. The number of nitrogens with one attached hydrogen (secondary N) is 1. The van der Waals surface area contributed by atoms with Crippen LogP contribution in [0, 0.1) is 0 Å². The van der Waals surface area contributed by atoms with Crippen LogP contribution in [0.3, 0.4) is 0 Å². The van der Waals surface area contributed by atoms with Crippen molar-refractivity contribution in [2.24, 2.45) is 0 Å². The fraction of sp³-hybridized carbons (Fsp3) is 0.818. The number of aliphatic hydroxyl groups is 1. The zero-order valence-electron chi connectivity index (χ0n) is 10.6. The first-order valence-corrected chi connectivity index (χ1v) is 6.20. The zero-order chi connectivity index (χ0) is 12.5. The molecule has 0 unspecified atom stereocenters. The van der Waals surface area contributed by atoms with Crippen molar-refractivity contribution in [1.82, 2.24) is 15.5 Å². The maximum Gasteiger partial charge on any atom is 0.318 e. The van der Waals surface area contributed by atoms with E-state index < -0.39 is 0 Å². The highest BCUT2D eigenvalue weighted by Crippen LogP contribution is 2.12. The summed E-state index contributed by atoms with van der Waals surface area (Å²) < 4.78 is 5.54. The van der Waals surface area contributed by atoms with E-state index in [-0.39, 0.29) is 6.61 Å². The molecule has 0 aliphatic rings. The van der Waals surface area contributed by atoms with E-state index in [1.54, 1.807) is 0 Å². The van der Waals surface area contributed by atoms with Gasteiger partial charge in [0.25, 0.3) is 0 Å². The van der Waals surface area contributed by atoms with Crippen LogP contribution in [0.15, 0.2) is 4.42 Å². The summed E-state index contributed by atoms with van der Waals surface area (Å²) in [5, 5.41) is 20.0. The minimum atomic E-state index is 0.176. The smallest absolute Gasteiger partial charge is 0.318 e. The molecular formula is C11H22N4O2. The monoisotopic (exact) mass is 242 g/mol. The summed E-state index contributed by atoms with van der Waals surface area (Å²) in [6, 6.07) is 0.536. The molecule has 6 nitrogen and oxygen atoms in total. The maximum atomic E-state index is 8.80. The standard InChI is InChI=1S/C11H22N4O2/c1-3-6-12-9-10-13-14-11(17-10)15(4-2)7-5-8-16/h12,16H,3-9H2,1-2H3. The molecule has 6 heteroatoms. The molecule has 0 radical (unpaired) electrons. The molecule has 1 heterocycles. The van der Waals surface area contributed by atoms with Crippen LogP contribution >= 0.6 is 0 Å². The van der Waals surface area contributed by atoms with E-state index in [2.05, 4.69) is 22.4 Å². The topological polar surface area (TPSA) is 74.4 Å². The van der Waals surface area contributed by atoms with E-state index in [0.29, 0.717) is 24.9 Å². The molecule has 0 aromatic carbocycles. The van der Waals surface area contributed by atoms with Gasteiger partial charge in [0.1, 0.15) is 0 Å². The molecule has 0 amide bonds. The largest absolute Gasteiger partial charge is 0.407 e. The molecule has 0 saturated heterocycles. The Morgan fingerprint density at radius 2 is 2.18 bits per heavy atom. The zero-order valence-corrected chi connectivity index (χ0v) is 10.6. The lowest BCUT2D eigenvalue weighted by Gasteiger charge is -2.16. The molecule has 0 atom stereocenters. The fourth-order valence-corrected chi connectivity index (χ4v) is 1.47. The first-order valence-electron chi connectivity index (χ1n) is 6.20. The highest BCUT2D eigenvalue weighted by atomic mass is 16.4. The second-order valence-corrected chi connectivity index (χ2v) is 3.81. The van der Waals surface area contributed by atoms with Gasteiger partial charge < -0.3 is 19.7 Å². The van der Waals surface area contributed by atoms with Gasteiger partial charge in [-0.15, -0.1) is 5.10 Å². The lowest BCUT2D eigenvalue weighted by molar-refractivity contribution is 0.288. The Morgan fingerprint density at radius 1 is 1.35 bits per heavy atom. The quantitative estimate of drug-likeness (QED) is 0.623. The molecular weight excluding hydrogens is 220 g/mol. The molecule has 0 fully saturated rings. The van der Waals surface area contributed by atoms with Gasteiger partial charge in [-0.2, -0.15) is 0 Å². The third kappa shape index (κ3) is 4.70. The summed E-state index contributed by atoms with van der Waals surface area (Å²) in [7, 11) is 0. The lowest BCUT2D eigenvalue weighted by atomic mass is 10.4. The van der Waals surface area contributed by atoms with Gasteiger partial charge >= 0.3 is 6.01 Å². The Kier molecular flexibility index (Phi) is 6.57. The molecule has 1 aromatic rings. The number of aliphatic hydroxyl groups excluding tert-OH is 1. The molecule has 1 aromatic heterocycles. The number of hydrogen-bond acceptors (Lipinski definition) is 6. The van der Waals surface area contributed by atoms with E-state index in [0.717, 1.165) is 26.1 Å². The molecule has 98 valence electrons. The van der Waals surface area contributed by atoms with Crippen molar-refractivity contribution in [2.45, 2.75) is 33.2 Å². The SMILES string of the molecule is CCCNCc1nnc(N(CC)CCCO)o1. The number of anilines is 1. The maximum absolute atomic E-state index is 8.80. The van der Waals surface area contributed by atoms with Crippen LogP contribution in [0.2, 0.25) is 0 Å². The van der Waals surface area contributed by atoms with Gasteiger partial charge in [0.2, 0.25) is 5.89 Å². The second-order valence-electron chi connectivity index (χ2n) is 3.81. The van der Waals surface area contributed by atoms with Gasteiger partial charge in [-0.3, -0.25) is 0 Å². The minimum Gasteiger partial charge on any atom is -0.407 e. The first-order chi connectivity index (χ1) is 8.31. The van der Waals surface area contributed by atoms with E-state index >= 15 is 0 Å². The minimum absolute atomic E-state index is 0.176. The van der Waals surface area contributed by atoms with Crippen LogP contribution in [0.1, 0.15) is 32.6 Å². The molecule has 0 aliphatic carbocycles. The van der Waals surface area contributed by atoms with Gasteiger partial charge in [-0.05, 0) is 26.3 Å². The lowest BCUT2D eigenvalue weighted by Crippen LogP contribution is -2.24. The van der Waals surface area contributed by atoms with Gasteiger partial charge in [0.05, 0.1) is 6.54 Å². The molecule has 0 aliphatic heterocycles. The van der Waals surface area contributed by atoms with Crippen LogP contribution in [0.25, 0.3) is 0 Å². The Morgan fingerprint density at radius 3 is 2.82 bits per heavy atom. The third-order valence-electron chi connectivity index (χ3n) is 2.40. The summed E-state index contributed by atoms with van der Waals surface area (Å²) in [4.78, 5) is 1.96. The van der Waals surface area contributed by atoms with Gasteiger partial charge in [-0.1, -0.05) is 12.0 Å². The van der Waals surface area contributed by atoms with Crippen molar-refractivity contribution in [3.05, 3.63) is 5.89 Å². The number of aromatic nitrogens is 2. The summed E-state index contributed by atoms with van der Waals surface area (Å²) in [5.41, 5.74) is 0. The van der Waals surface area contributed by atoms with Crippen LogP contribution in [0.4, 0.5) is 6.01 Å². The summed E-state index contributed by atoms with van der Waals surface area (Å²) >= 11 is 0. The van der Waals surface area contributed by atoms with Crippen molar-refractivity contribution >= 4 is 6.01 Å². The first kappa shape index (κ1) is 13.9. The second kappa shape index (κ2) is 8.03. The van der Waals surface area contributed by atoms with Crippen molar-refractivity contribution in [1.29, 1.82) is 0 Å². The van der Waals surface area contributed by atoms with Crippen molar-refractivity contribution in [3.8, 4) is 0 Å². The molecule has 0 spiro atoms. The van der Waals surface area contributed by atoms with E-state index in [1.807, 2.05) is 11.8 Å². The predicted octanol–water partition coefficient (Wildman–Crippen LogP) is 0.778. The van der Waals surface area contributed by atoms with Gasteiger partial charge in [0.15, 0.2) is 0 Å². The van der Waals surface area contributed by atoms with Crippen molar-refractivity contribution in [2.75, 3.05) is 31.1 Å². The molecule has 0 saturated carbocycles. The van der Waals surface area contributed by atoms with Gasteiger partial charge in [0, 0.05) is 19.7 Å². The number of hydrogen-bond donors (Lipinski definition) is 2. The number of nitrogens with zero attached hydrogens (tertiary/aromatic N) is 3.